The van der Waals surface area contributed by atoms with E-state index in [1.807, 2.05) is 0 Å². The fourth-order valence-electron chi connectivity index (χ4n) is 1.38. The molecule has 0 radical (unpaired) electrons. The summed E-state index contributed by atoms with van der Waals surface area (Å²) in [7, 11) is -2.25. The van der Waals surface area contributed by atoms with Gasteiger partial charge in [-0.05, 0) is 26.0 Å². The summed E-state index contributed by atoms with van der Waals surface area (Å²) >= 11 is 0. The van der Waals surface area contributed by atoms with E-state index in [1.54, 1.807) is 0 Å². The van der Waals surface area contributed by atoms with Crippen molar-refractivity contribution in [2.75, 3.05) is 0 Å². The van der Waals surface area contributed by atoms with Crippen LogP contribution in [0, 0.1) is 5.82 Å². The molecule has 18 heavy (non-hydrogen) atoms. The third-order valence-corrected chi connectivity index (χ3v) is 2.02. The first-order valence-electron chi connectivity index (χ1n) is 5.06. The molecule has 0 unspecified atom stereocenters. The van der Waals surface area contributed by atoms with Crippen LogP contribution in [-0.2, 0) is 6.18 Å². The van der Waals surface area contributed by atoms with Crippen molar-refractivity contribution in [1.82, 2.24) is 0 Å². The summed E-state index contributed by atoms with van der Waals surface area (Å²) in [5, 5.41) is 17.9. The zero-order chi connectivity index (χ0) is 14.1. The zero-order valence-electron chi connectivity index (χ0n) is 9.62. The molecular weight excluding hydrogens is 255 g/mol. The molecule has 1 aromatic rings. The lowest BCUT2D eigenvalue weighted by Crippen LogP contribution is -2.34. The molecule has 0 saturated carbocycles. The number of alkyl halides is 3. The minimum Gasteiger partial charge on any atom is -0.491 e. The van der Waals surface area contributed by atoms with Gasteiger partial charge < -0.3 is 14.8 Å². The summed E-state index contributed by atoms with van der Waals surface area (Å²) < 4.78 is 56.1. The van der Waals surface area contributed by atoms with E-state index >= 15 is 0 Å². The Bertz CT molecular complexity index is 432. The van der Waals surface area contributed by atoms with Crippen LogP contribution in [-0.4, -0.2) is 23.3 Å². The molecule has 100 valence electrons. The van der Waals surface area contributed by atoms with Crippen molar-refractivity contribution in [2.45, 2.75) is 26.1 Å². The minimum absolute atomic E-state index is 0.254. The Hall–Kier alpha value is -1.28. The summed E-state index contributed by atoms with van der Waals surface area (Å²) in [5.41, 5.74) is -2.03. The normalized spacial score (nSPS) is 11.8. The van der Waals surface area contributed by atoms with Gasteiger partial charge in [0.2, 0.25) is 0 Å². The molecule has 0 amide bonds. The van der Waals surface area contributed by atoms with E-state index in [1.165, 1.54) is 13.8 Å². The quantitative estimate of drug-likeness (QED) is 0.640. The van der Waals surface area contributed by atoms with Crippen LogP contribution < -0.4 is 10.2 Å². The third kappa shape index (κ3) is 3.36. The molecule has 0 fully saturated rings. The van der Waals surface area contributed by atoms with Crippen molar-refractivity contribution >= 4 is 12.6 Å². The molecule has 0 aromatic heterocycles. The first kappa shape index (κ1) is 14.8. The molecule has 1 aromatic carbocycles. The Morgan fingerprint density at radius 3 is 2.17 bits per heavy atom. The van der Waals surface area contributed by atoms with Crippen LogP contribution in [0.15, 0.2) is 12.1 Å². The molecular formula is C10H11BF4O3. The summed E-state index contributed by atoms with van der Waals surface area (Å²) in [6.45, 7) is 2.94. The van der Waals surface area contributed by atoms with Crippen molar-refractivity contribution in [3.8, 4) is 5.75 Å². The second kappa shape index (κ2) is 5.15. The molecule has 1 rings (SSSR count). The van der Waals surface area contributed by atoms with Crippen LogP contribution >= 0.6 is 0 Å². The van der Waals surface area contributed by atoms with Crippen LogP contribution in [0.1, 0.15) is 19.4 Å². The maximum Gasteiger partial charge on any atom is 0.492 e. The molecule has 3 nitrogen and oxygen atoms in total. The maximum absolute atomic E-state index is 13.1. The highest BCUT2D eigenvalue weighted by Crippen LogP contribution is 2.36. The third-order valence-electron chi connectivity index (χ3n) is 2.02. The van der Waals surface area contributed by atoms with E-state index < -0.39 is 42.0 Å². The van der Waals surface area contributed by atoms with Crippen LogP contribution in [0.2, 0.25) is 0 Å². The second-order valence-corrected chi connectivity index (χ2v) is 3.91. The molecule has 0 atom stereocenters. The Labute approximate surface area is 101 Å². The lowest BCUT2D eigenvalue weighted by atomic mass is 9.78. The van der Waals surface area contributed by atoms with E-state index in [2.05, 4.69) is 0 Å². The number of rotatable bonds is 3. The second-order valence-electron chi connectivity index (χ2n) is 3.91. The Balaban J connectivity index is 3.48. The van der Waals surface area contributed by atoms with Crippen molar-refractivity contribution in [1.29, 1.82) is 0 Å². The summed E-state index contributed by atoms with van der Waals surface area (Å²) in [6, 6.07) is 0.848. The molecule has 8 heteroatoms. The van der Waals surface area contributed by atoms with Gasteiger partial charge in [-0.25, -0.2) is 4.39 Å². The van der Waals surface area contributed by atoms with Gasteiger partial charge in [-0.2, -0.15) is 13.2 Å². The van der Waals surface area contributed by atoms with Crippen molar-refractivity contribution in [2.24, 2.45) is 0 Å². The van der Waals surface area contributed by atoms with Gasteiger partial charge in [-0.3, -0.25) is 0 Å². The minimum atomic E-state index is -4.85. The van der Waals surface area contributed by atoms with E-state index in [0.717, 1.165) is 0 Å². The van der Waals surface area contributed by atoms with Crippen LogP contribution in [0.4, 0.5) is 17.6 Å². The standard InChI is InChI=1S/C10H11BF4O3/c1-5(2)18-9-7(10(13,14)15)3-6(12)4-8(9)11(16)17/h3-5,16-17H,1-2H3. The summed E-state index contributed by atoms with van der Waals surface area (Å²) in [4.78, 5) is 0. The van der Waals surface area contributed by atoms with Crippen molar-refractivity contribution < 1.29 is 32.3 Å². The number of halogens is 4. The topological polar surface area (TPSA) is 49.7 Å². The van der Waals surface area contributed by atoms with Crippen molar-refractivity contribution in [3.63, 3.8) is 0 Å². The highest BCUT2D eigenvalue weighted by molar-refractivity contribution is 6.59. The fourth-order valence-corrected chi connectivity index (χ4v) is 1.38. The molecule has 0 aliphatic rings. The van der Waals surface area contributed by atoms with E-state index in [4.69, 9.17) is 14.8 Å². The molecule has 0 heterocycles. The van der Waals surface area contributed by atoms with E-state index in [9.17, 15) is 17.6 Å². The number of benzene rings is 1. The van der Waals surface area contributed by atoms with Crippen LogP contribution in [0.25, 0.3) is 0 Å². The van der Waals surface area contributed by atoms with Gasteiger partial charge in [0.05, 0.1) is 6.10 Å². The first-order valence-corrected chi connectivity index (χ1v) is 5.06. The molecule has 0 spiro atoms. The first-order chi connectivity index (χ1) is 8.12. The smallest absolute Gasteiger partial charge is 0.491 e. The Morgan fingerprint density at radius 2 is 1.78 bits per heavy atom. The van der Waals surface area contributed by atoms with E-state index in [-0.39, 0.29) is 6.07 Å². The van der Waals surface area contributed by atoms with Gasteiger partial charge in [0.1, 0.15) is 17.1 Å². The lowest BCUT2D eigenvalue weighted by molar-refractivity contribution is -0.139. The van der Waals surface area contributed by atoms with Crippen molar-refractivity contribution in [3.05, 3.63) is 23.5 Å². The molecule has 0 saturated heterocycles. The number of ether oxygens (including phenoxy) is 1. The van der Waals surface area contributed by atoms with Gasteiger partial charge in [-0.1, -0.05) is 0 Å². The summed E-state index contributed by atoms with van der Waals surface area (Å²) in [5.74, 6) is -1.99. The lowest BCUT2D eigenvalue weighted by Gasteiger charge is -2.19. The zero-order valence-corrected chi connectivity index (χ0v) is 9.62. The predicted molar refractivity (Wildman–Crippen MR) is 57.0 cm³/mol. The Morgan fingerprint density at radius 1 is 1.22 bits per heavy atom. The van der Waals surface area contributed by atoms with E-state index in [0.29, 0.717) is 6.07 Å². The highest BCUT2D eigenvalue weighted by atomic mass is 19.4. The highest BCUT2D eigenvalue weighted by Gasteiger charge is 2.38. The number of hydrogen-bond acceptors (Lipinski definition) is 3. The molecule has 0 bridgehead atoms. The predicted octanol–water partition coefficient (Wildman–Crippen LogP) is 1.31. The molecule has 0 aliphatic heterocycles. The largest absolute Gasteiger partial charge is 0.492 e. The average Bonchev–Trinajstić information content (AvgIpc) is 2.17. The molecule has 2 N–H and O–H groups in total. The summed E-state index contributed by atoms with van der Waals surface area (Å²) in [6.07, 6.45) is -5.48. The van der Waals surface area contributed by atoms with Crippen LogP contribution in [0.3, 0.4) is 0 Å². The van der Waals surface area contributed by atoms with Crippen LogP contribution in [0.5, 0.6) is 5.75 Å². The van der Waals surface area contributed by atoms with Gasteiger partial charge >= 0.3 is 13.3 Å². The van der Waals surface area contributed by atoms with Gasteiger partial charge in [0.15, 0.2) is 0 Å². The number of hydrogen-bond donors (Lipinski definition) is 2. The monoisotopic (exact) mass is 266 g/mol. The maximum atomic E-state index is 13.1. The van der Waals surface area contributed by atoms with Gasteiger partial charge in [0.25, 0.3) is 0 Å². The SMILES string of the molecule is CC(C)Oc1c(B(O)O)cc(F)cc1C(F)(F)F. The fraction of sp³-hybridized carbons (Fsp3) is 0.400. The molecule has 0 aliphatic carbocycles. The average molecular weight is 266 g/mol. The Kier molecular flexibility index (Phi) is 4.23. The van der Waals surface area contributed by atoms with Gasteiger partial charge in [-0.15, -0.1) is 0 Å². The van der Waals surface area contributed by atoms with Gasteiger partial charge in [0, 0.05) is 5.46 Å².